The first-order valence-corrected chi connectivity index (χ1v) is 9.18. The Morgan fingerprint density at radius 3 is 2.29 bits per heavy atom. The summed E-state index contributed by atoms with van der Waals surface area (Å²) in [4.78, 5) is 1.26. The van der Waals surface area contributed by atoms with Gasteiger partial charge < -0.3 is 5.32 Å². The summed E-state index contributed by atoms with van der Waals surface area (Å²) in [6.07, 6.45) is 1.11. The third kappa shape index (κ3) is 3.89. The van der Waals surface area contributed by atoms with E-state index >= 15 is 0 Å². The van der Waals surface area contributed by atoms with Crippen molar-refractivity contribution in [2.75, 3.05) is 6.54 Å². The van der Waals surface area contributed by atoms with Crippen LogP contribution in [0.5, 0.6) is 0 Å². The summed E-state index contributed by atoms with van der Waals surface area (Å²) in [5, 5.41) is 3.67. The maximum atomic E-state index is 6.24. The lowest BCUT2D eigenvalue weighted by Crippen LogP contribution is -2.24. The van der Waals surface area contributed by atoms with Gasteiger partial charge >= 0.3 is 0 Å². The number of aryl methyl sites for hydroxylation is 3. The molecule has 0 radical (unpaired) electrons. The van der Waals surface area contributed by atoms with E-state index in [1.165, 1.54) is 27.1 Å². The number of hydrogen-bond donors (Lipinski definition) is 1. The molecule has 0 bridgehead atoms. The Bertz CT molecular complexity index is 593. The van der Waals surface area contributed by atoms with E-state index < -0.39 is 0 Å². The van der Waals surface area contributed by atoms with Crippen molar-refractivity contribution in [2.45, 2.75) is 40.2 Å². The quantitative estimate of drug-likeness (QED) is 0.647. The van der Waals surface area contributed by atoms with Crippen molar-refractivity contribution in [1.29, 1.82) is 0 Å². The summed E-state index contributed by atoms with van der Waals surface area (Å²) in [5.74, 6) is 0. The van der Waals surface area contributed by atoms with E-state index in [0.29, 0.717) is 0 Å². The van der Waals surface area contributed by atoms with Crippen LogP contribution >= 0.6 is 38.9 Å². The van der Waals surface area contributed by atoms with Gasteiger partial charge in [-0.2, -0.15) is 0 Å². The average molecular weight is 387 g/mol. The third-order valence-corrected chi connectivity index (χ3v) is 6.11. The van der Waals surface area contributed by atoms with Crippen LogP contribution in [0.15, 0.2) is 22.7 Å². The van der Waals surface area contributed by atoms with Crippen molar-refractivity contribution < 1.29 is 0 Å². The second kappa shape index (κ2) is 7.28. The number of halogens is 2. The summed E-state index contributed by atoms with van der Waals surface area (Å²) in [5.41, 5.74) is 5.36. The molecule has 0 saturated heterocycles. The van der Waals surface area contributed by atoms with Gasteiger partial charge in [0.05, 0.1) is 6.04 Å². The van der Waals surface area contributed by atoms with E-state index in [1.54, 1.807) is 11.3 Å². The van der Waals surface area contributed by atoms with Crippen LogP contribution in [0.3, 0.4) is 0 Å². The van der Waals surface area contributed by atoms with Gasteiger partial charge in [-0.25, -0.2) is 0 Å². The Hall–Kier alpha value is -0.350. The van der Waals surface area contributed by atoms with Gasteiger partial charge in [-0.15, -0.1) is 11.3 Å². The van der Waals surface area contributed by atoms with Gasteiger partial charge in [-0.3, -0.25) is 0 Å². The average Bonchev–Trinajstić information content (AvgIpc) is 2.72. The predicted octanol–water partition coefficient (Wildman–Crippen LogP) is 6.18. The Morgan fingerprint density at radius 2 is 1.81 bits per heavy atom. The smallest absolute Gasteiger partial charge is 0.107 e. The molecule has 2 rings (SSSR count). The van der Waals surface area contributed by atoms with Crippen molar-refractivity contribution in [1.82, 2.24) is 5.32 Å². The summed E-state index contributed by atoms with van der Waals surface area (Å²) in [7, 11) is 0. The number of hydrogen-bond acceptors (Lipinski definition) is 2. The Morgan fingerprint density at radius 1 is 1.19 bits per heavy atom. The van der Waals surface area contributed by atoms with Crippen molar-refractivity contribution in [3.8, 4) is 0 Å². The summed E-state index contributed by atoms with van der Waals surface area (Å²) in [6.45, 7) is 9.72. The molecule has 1 aromatic carbocycles. The predicted molar refractivity (Wildman–Crippen MR) is 97.8 cm³/mol. The van der Waals surface area contributed by atoms with Gasteiger partial charge in [0, 0.05) is 9.35 Å². The first-order valence-electron chi connectivity index (χ1n) is 7.19. The molecule has 114 valence electrons. The SMILES string of the molecule is CCCNC(c1cc(Br)c(Cl)s1)c1c(C)cc(C)cc1C. The number of benzene rings is 1. The molecule has 1 N–H and O–H groups in total. The summed E-state index contributed by atoms with van der Waals surface area (Å²) < 4.78 is 1.80. The van der Waals surface area contributed by atoms with E-state index in [1.807, 2.05) is 0 Å². The molecule has 4 heteroatoms. The highest BCUT2D eigenvalue weighted by Crippen LogP contribution is 2.39. The molecular formula is C17H21BrClNS. The molecule has 0 aliphatic carbocycles. The van der Waals surface area contributed by atoms with Gasteiger partial charge in [0.2, 0.25) is 0 Å². The van der Waals surface area contributed by atoms with E-state index in [4.69, 9.17) is 11.6 Å². The van der Waals surface area contributed by atoms with Crippen molar-refractivity contribution in [3.05, 3.63) is 54.1 Å². The lowest BCUT2D eigenvalue weighted by molar-refractivity contribution is 0.601. The van der Waals surface area contributed by atoms with E-state index in [9.17, 15) is 0 Å². The zero-order valence-corrected chi connectivity index (χ0v) is 16.0. The molecular weight excluding hydrogens is 366 g/mol. The molecule has 0 amide bonds. The molecule has 1 heterocycles. The van der Waals surface area contributed by atoms with Crippen LogP contribution in [-0.4, -0.2) is 6.54 Å². The van der Waals surface area contributed by atoms with Crippen molar-refractivity contribution in [2.24, 2.45) is 0 Å². The molecule has 0 aliphatic rings. The van der Waals surface area contributed by atoms with Crippen molar-refractivity contribution in [3.63, 3.8) is 0 Å². The lowest BCUT2D eigenvalue weighted by atomic mass is 9.93. The fraction of sp³-hybridized carbons (Fsp3) is 0.412. The fourth-order valence-corrected chi connectivity index (χ4v) is 4.61. The minimum Gasteiger partial charge on any atom is -0.306 e. The van der Waals surface area contributed by atoms with E-state index in [2.05, 4.69) is 67.1 Å². The van der Waals surface area contributed by atoms with Crippen LogP contribution in [-0.2, 0) is 0 Å². The molecule has 21 heavy (non-hydrogen) atoms. The van der Waals surface area contributed by atoms with Gasteiger partial charge in [-0.05, 0) is 72.4 Å². The van der Waals surface area contributed by atoms with Gasteiger partial charge in [0.1, 0.15) is 4.34 Å². The minimum absolute atomic E-state index is 0.208. The standard InChI is InChI=1S/C17H21BrClNS/c1-5-6-20-16(14-9-13(18)17(19)21-14)15-11(3)7-10(2)8-12(15)4/h7-9,16,20H,5-6H2,1-4H3. The molecule has 0 fully saturated rings. The van der Waals surface area contributed by atoms with E-state index in [0.717, 1.165) is 21.8 Å². The molecule has 0 saturated carbocycles. The Labute approximate surface area is 144 Å². The lowest BCUT2D eigenvalue weighted by Gasteiger charge is -2.22. The highest BCUT2D eigenvalue weighted by Gasteiger charge is 2.21. The normalized spacial score (nSPS) is 12.7. The second-order valence-electron chi connectivity index (χ2n) is 5.47. The third-order valence-electron chi connectivity index (χ3n) is 3.57. The number of nitrogens with one attached hydrogen (secondary N) is 1. The minimum atomic E-state index is 0.208. The fourth-order valence-electron chi connectivity index (χ4n) is 2.79. The molecule has 0 aliphatic heterocycles. The van der Waals surface area contributed by atoms with Crippen LogP contribution in [0.2, 0.25) is 4.34 Å². The largest absolute Gasteiger partial charge is 0.306 e. The summed E-state index contributed by atoms with van der Waals surface area (Å²) >= 11 is 11.4. The Kier molecular flexibility index (Phi) is 5.89. The second-order valence-corrected chi connectivity index (χ2v) is 8.01. The molecule has 1 aromatic heterocycles. The molecule has 1 atom stereocenters. The number of thiophene rings is 1. The first kappa shape index (κ1) is 17.0. The van der Waals surface area contributed by atoms with Gasteiger partial charge in [0.15, 0.2) is 0 Å². The Balaban J connectivity index is 2.50. The van der Waals surface area contributed by atoms with Crippen molar-refractivity contribution >= 4 is 38.9 Å². The van der Waals surface area contributed by atoms with Crippen LogP contribution in [0.1, 0.15) is 46.5 Å². The molecule has 2 aromatic rings. The first-order chi connectivity index (χ1) is 9.93. The maximum absolute atomic E-state index is 6.24. The van der Waals surface area contributed by atoms with Gasteiger partial charge in [0.25, 0.3) is 0 Å². The molecule has 0 spiro atoms. The topological polar surface area (TPSA) is 12.0 Å². The number of rotatable bonds is 5. The van der Waals surface area contributed by atoms with Gasteiger partial charge in [-0.1, -0.05) is 36.2 Å². The maximum Gasteiger partial charge on any atom is 0.107 e. The van der Waals surface area contributed by atoms with Crippen LogP contribution in [0, 0.1) is 20.8 Å². The monoisotopic (exact) mass is 385 g/mol. The zero-order chi connectivity index (χ0) is 15.6. The van der Waals surface area contributed by atoms with Crippen LogP contribution < -0.4 is 5.32 Å². The van der Waals surface area contributed by atoms with Crippen LogP contribution in [0.4, 0.5) is 0 Å². The molecule has 1 nitrogen and oxygen atoms in total. The highest BCUT2D eigenvalue weighted by atomic mass is 79.9. The van der Waals surface area contributed by atoms with E-state index in [-0.39, 0.29) is 6.04 Å². The highest BCUT2D eigenvalue weighted by molar-refractivity contribution is 9.10. The summed E-state index contributed by atoms with van der Waals surface area (Å²) in [6, 6.07) is 6.86. The zero-order valence-electron chi connectivity index (χ0n) is 12.9. The molecule has 1 unspecified atom stereocenters. The van der Waals surface area contributed by atoms with Crippen LogP contribution in [0.25, 0.3) is 0 Å².